The molecule has 7 nitrogen and oxygen atoms in total. The van der Waals surface area contributed by atoms with Crippen molar-refractivity contribution in [1.82, 2.24) is 19.7 Å². The van der Waals surface area contributed by atoms with Crippen LogP contribution in [0.15, 0.2) is 24.9 Å². The van der Waals surface area contributed by atoms with Crippen molar-refractivity contribution < 1.29 is 9.53 Å². The van der Waals surface area contributed by atoms with Gasteiger partial charge in [-0.2, -0.15) is 5.10 Å². The Morgan fingerprint density at radius 3 is 3.04 bits per heavy atom. The molecule has 3 rings (SSSR count). The van der Waals surface area contributed by atoms with Crippen molar-refractivity contribution >= 4 is 23.3 Å². The summed E-state index contributed by atoms with van der Waals surface area (Å²) in [6.07, 6.45) is 6.72. The summed E-state index contributed by atoms with van der Waals surface area (Å²) in [5, 5.41) is 7.83. The lowest BCUT2D eigenvalue weighted by Crippen LogP contribution is -2.38. The van der Waals surface area contributed by atoms with Gasteiger partial charge in [-0.05, 0) is 31.7 Å². The molecule has 2 aromatic rings. The fourth-order valence-corrected chi connectivity index (χ4v) is 2.89. The van der Waals surface area contributed by atoms with Gasteiger partial charge in [0.2, 0.25) is 0 Å². The van der Waals surface area contributed by atoms with Crippen LogP contribution in [0.4, 0.5) is 5.69 Å². The highest BCUT2D eigenvalue weighted by molar-refractivity contribution is 6.29. The highest BCUT2D eigenvalue weighted by atomic mass is 35.5. The molecule has 0 aliphatic heterocycles. The normalized spacial score (nSPS) is 19.9. The Labute approximate surface area is 139 Å². The quantitative estimate of drug-likeness (QED) is 0.644. The summed E-state index contributed by atoms with van der Waals surface area (Å²) in [6.45, 7) is 2.96. The third kappa shape index (κ3) is 3.79. The van der Waals surface area contributed by atoms with E-state index in [1.165, 1.54) is 6.20 Å². The number of hydrogen-bond acceptors (Lipinski definition) is 6. The summed E-state index contributed by atoms with van der Waals surface area (Å²) >= 11 is 5.94. The van der Waals surface area contributed by atoms with Gasteiger partial charge in [0, 0.05) is 18.8 Å². The standard InChI is InChI=1S/C15H18ClN5O2/c1-2-23-15(22)12-6-18-14(16)5-13(12)20-11-3-10(4-11)7-21-9-17-8-19-21/h5-6,8-11H,2-4,7H2,1H3,(H,18,20). The zero-order valence-corrected chi connectivity index (χ0v) is 13.5. The van der Waals surface area contributed by atoms with E-state index < -0.39 is 5.97 Å². The number of halogens is 1. The molecule has 0 radical (unpaired) electrons. The average molecular weight is 336 g/mol. The number of esters is 1. The van der Waals surface area contributed by atoms with Crippen LogP contribution >= 0.6 is 11.6 Å². The monoisotopic (exact) mass is 335 g/mol. The molecule has 1 aliphatic rings. The second kappa shape index (κ2) is 6.95. The molecule has 0 aromatic carbocycles. The predicted molar refractivity (Wildman–Crippen MR) is 85.4 cm³/mol. The summed E-state index contributed by atoms with van der Waals surface area (Å²) in [5.74, 6) is 0.162. The number of hydrogen-bond donors (Lipinski definition) is 1. The Bertz CT molecular complexity index is 671. The summed E-state index contributed by atoms with van der Waals surface area (Å²) in [5.41, 5.74) is 1.09. The number of anilines is 1. The summed E-state index contributed by atoms with van der Waals surface area (Å²) in [4.78, 5) is 19.9. The molecule has 0 bridgehead atoms. The molecule has 1 aliphatic carbocycles. The van der Waals surface area contributed by atoms with Gasteiger partial charge in [0.05, 0.1) is 12.3 Å². The first kappa shape index (κ1) is 15.7. The van der Waals surface area contributed by atoms with Crippen LogP contribution in [0.1, 0.15) is 30.1 Å². The maximum atomic E-state index is 12.0. The van der Waals surface area contributed by atoms with Crippen molar-refractivity contribution in [2.45, 2.75) is 32.4 Å². The highest BCUT2D eigenvalue weighted by Crippen LogP contribution is 2.32. The molecule has 122 valence electrons. The van der Waals surface area contributed by atoms with E-state index in [-0.39, 0.29) is 0 Å². The van der Waals surface area contributed by atoms with Gasteiger partial charge < -0.3 is 10.1 Å². The largest absolute Gasteiger partial charge is 0.462 e. The Kier molecular flexibility index (Phi) is 4.76. The SMILES string of the molecule is CCOC(=O)c1cnc(Cl)cc1NC1CC(Cn2cncn2)C1. The Morgan fingerprint density at radius 1 is 1.52 bits per heavy atom. The van der Waals surface area contributed by atoms with Crippen LogP contribution in [0.2, 0.25) is 5.15 Å². The molecule has 0 unspecified atom stereocenters. The van der Waals surface area contributed by atoms with Gasteiger partial charge >= 0.3 is 5.97 Å². The van der Waals surface area contributed by atoms with E-state index in [4.69, 9.17) is 16.3 Å². The first-order valence-electron chi connectivity index (χ1n) is 7.57. The van der Waals surface area contributed by atoms with Crippen LogP contribution in [-0.2, 0) is 11.3 Å². The van der Waals surface area contributed by atoms with Gasteiger partial charge in [-0.25, -0.2) is 14.8 Å². The molecule has 0 atom stereocenters. The van der Waals surface area contributed by atoms with E-state index in [0.717, 1.165) is 19.4 Å². The first-order chi connectivity index (χ1) is 11.2. The van der Waals surface area contributed by atoms with Gasteiger partial charge in [0.15, 0.2) is 0 Å². The van der Waals surface area contributed by atoms with Crippen molar-refractivity contribution in [2.24, 2.45) is 5.92 Å². The molecule has 2 heterocycles. The zero-order chi connectivity index (χ0) is 16.2. The topological polar surface area (TPSA) is 81.9 Å². The lowest BCUT2D eigenvalue weighted by atomic mass is 9.80. The fourth-order valence-electron chi connectivity index (χ4n) is 2.73. The maximum Gasteiger partial charge on any atom is 0.341 e. The van der Waals surface area contributed by atoms with Gasteiger partial charge in [0.25, 0.3) is 0 Å². The fraction of sp³-hybridized carbons (Fsp3) is 0.467. The van der Waals surface area contributed by atoms with Gasteiger partial charge in [-0.3, -0.25) is 4.68 Å². The Hall–Kier alpha value is -2.15. The van der Waals surface area contributed by atoms with Crippen LogP contribution in [0, 0.1) is 5.92 Å². The number of carbonyl (C=O) groups excluding carboxylic acids is 1. The number of rotatable bonds is 6. The minimum absolute atomic E-state index is 0.301. The van der Waals surface area contributed by atoms with Crippen LogP contribution in [-0.4, -0.2) is 38.4 Å². The highest BCUT2D eigenvalue weighted by Gasteiger charge is 2.30. The molecule has 1 fully saturated rings. The van der Waals surface area contributed by atoms with E-state index in [0.29, 0.717) is 35.0 Å². The summed E-state index contributed by atoms with van der Waals surface area (Å²) in [6, 6.07) is 1.97. The van der Waals surface area contributed by atoms with Gasteiger partial charge in [-0.15, -0.1) is 0 Å². The molecule has 0 saturated heterocycles. The van der Waals surface area contributed by atoms with Crippen LogP contribution in [0.3, 0.4) is 0 Å². The minimum atomic E-state index is -0.391. The number of carbonyl (C=O) groups is 1. The summed E-state index contributed by atoms with van der Waals surface area (Å²) in [7, 11) is 0. The van der Waals surface area contributed by atoms with Gasteiger partial charge in [-0.1, -0.05) is 11.6 Å². The van der Waals surface area contributed by atoms with Crippen LogP contribution < -0.4 is 5.32 Å². The Balaban J connectivity index is 1.60. The molecule has 0 amide bonds. The third-order valence-corrected chi connectivity index (χ3v) is 4.08. The minimum Gasteiger partial charge on any atom is -0.462 e. The van der Waals surface area contributed by atoms with E-state index in [1.807, 2.05) is 4.68 Å². The molecular formula is C15H18ClN5O2. The molecule has 1 saturated carbocycles. The maximum absolute atomic E-state index is 12.0. The number of ether oxygens (including phenoxy) is 1. The van der Waals surface area contributed by atoms with E-state index >= 15 is 0 Å². The second-order valence-corrected chi connectivity index (χ2v) is 5.96. The molecule has 0 spiro atoms. The summed E-state index contributed by atoms with van der Waals surface area (Å²) < 4.78 is 6.89. The molecular weight excluding hydrogens is 318 g/mol. The lowest BCUT2D eigenvalue weighted by molar-refractivity contribution is 0.0527. The number of pyridine rings is 1. The van der Waals surface area contributed by atoms with Crippen molar-refractivity contribution in [1.29, 1.82) is 0 Å². The zero-order valence-electron chi connectivity index (χ0n) is 12.8. The van der Waals surface area contributed by atoms with Crippen LogP contribution in [0.25, 0.3) is 0 Å². The van der Waals surface area contributed by atoms with Crippen molar-refractivity contribution in [3.05, 3.63) is 35.6 Å². The van der Waals surface area contributed by atoms with E-state index in [2.05, 4.69) is 20.4 Å². The second-order valence-electron chi connectivity index (χ2n) is 5.57. The number of nitrogens with zero attached hydrogens (tertiary/aromatic N) is 4. The van der Waals surface area contributed by atoms with Crippen molar-refractivity contribution in [2.75, 3.05) is 11.9 Å². The Morgan fingerprint density at radius 2 is 2.35 bits per heavy atom. The van der Waals surface area contributed by atoms with Gasteiger partial charge in [0.1, 0.15) is 23.4 Å². The first-order valence-corrected chi connectivity index (χ1v) is 7.95. The number of nitrogens with one attached hydrogen (secondary N) is 1. The lowest BCUT2D eigenvalue weighted by Gasteiger charge is -2.36. The third-order valence-electron chi connectivity index (χ3n) is 3.87. The van der Waals surface area contributed by atoms with Crippen molar-refractivity contribution in [3.63, 3.8) is 0 Å². The van der Waals surface area contributed by atoms with E-state index in [9.17, 15) is 4.79 Å². The molecule has 1 N–H and O–H groups in total. The molecule has 2 aromatic heterocycles. The predicted octanol–water partition coefficient (Wildman–Crippen LogP) is 2.39. The smallest absolute Gasteiger partial charge is 0.341 e. The average Bonchev–Trinajstić information content (AvgIpc) is 2.98. The molecule has 23 heavy (non-hydrogen) atoms. The molecule has 8 heteroatoms. The number of aromatic nitrogens is 4. The van der Waals surface area contributed by atoms with Crippen molar-refractivity contribution in [3.8, 4) is 0 Å². The van der Waals surface area contributed by atoms with Crippen LogP contribution in [0.5, 0.6) is 0 Å². The van der Waals surface area contributed by atoms with E-state index in [1.54, 1.807) is 25.6 Å².